The van der Waals surface area contributed by atoms with Crippen LogP contribution < -0.4 is 21.7 Å². The average Bonchev–Trinajstić information content (AvgIpc) is 3.38. The first-order chi connectivity index (χ1) is 20.2. The molecule has 0 amide bonds. The molecular formula is C38H27BN2. The molecule has 0 aliphatic carbocycles. The Hall–Kier alpha value is -5.02. The second kappa shape index (κ2) is 8.25. The van der Waals surface area contributed by atoms with Crippen LogP contribution in [0.25, 0.3) is 27.5 Å². The minimum absolute atomic E-state index is 0.173. The number of nitrogens with one attached hydrogen (secondary N) is 1. The van der Waals surface area contributed by atoms with Gasteiger partial charge in [0, 0.05) is 38.8 Å². The van der Waals surface area contributed by atoms with E-state index in [0.29, 0.717) is 0 Å². The second-order valence-electron chi connectivity index (χ2n) is 11.6. The fourth-order valence-corrected chi connectivity index (χ4v) is 7.58. The van der Waals surface area contributed by atoms with E-state index in [1.165, 1.54) is 71.9 Å². The molecule has 1 aromatic heterocycles. The van der Waals surface area contributed by atoms with Crippen LogP contribution in [0.4, 0.5) is 11.4 Å². The molecule has 2 aliphatic rings. The molecule has 0 unspecified atom stereocenters. The highest BCUT2D eigenvalue weighted by atomic mass is 15.0. The molecule has 0 atom stereocenters. The first kappa shape index (κ1) is 22.8. The maximum atomic E-state index is 3.88. The lowest BCUT2D eigenvalue weighted by molar-refractivity contribution is 0.692. The standard InChI is InChI=1S/C38H27BN2/c1-38(25-13-4-2-5-14-25,26-15-6-3-7-16-26)27-23-33-36-35(24-27)41-34-22-11-8-17-28(34)29-18-12-20-31(37(29)41)39(36)30-19-9-10-21-32(30)40-33/h2-24,40H,1H3. The van der Waals surface area contributed by atoms with Crippen molar-refractivity contribution in [3.05, 3.63) is 156 Å². The number of hydrogen-bond acceptors (Lipinski definition) is 1. The van der Waals surface area contributed by atoms with Crippen LogP contribution in [-0.4, -0.2) is 11.3 Å². The maximum Gasteiger partial charge on any atom is 0.252 e. The molecule has 0 fully saturated rings. The molecule has 9 rings (SSSR count). The topological polar surface area (TPSA) is 17.0 Å². The Kier molecular flexibility index (Phi) is 4.58. The minimum atomic E-state index is -0.346. The van der Waals surface area contributed by atoms with Gasteiger partial charge in [0.15, 0.2) is 0 Å². The lowest BCUT2D eigenvalue weighted by Gasteiger charge is -2.38. The Morgan fingerprint density at radius 2 is 1.20 bits per heavy atom. The van der Waals surface area contributed by atoms with Gasteiger partial charge >= 0.3 is 0 Å². The van der Waals surface area contributed by atoms with Gasteiger partial charge in [0.2, 0.25) is 0 Å². The zero-order chi connectivity index (χ0) is 27.1. The summed E-state index contributed by atoms with van der Waals surface area (Å²) in [4.78, 5) is 0. The van der Waals surface area contributed by atoms with Crippen molar-refractivity contribution < 1.29 is 0 Å². The van der Waals surface area contributed by atoms with Crippen LogP contribution in [0.1, 0.15) is 23.6 Å². The van der Waals surface area contributed by atoms with Gasteiger partial charge in [0.25, 0.3) is 6.71 Å². The molecule has 2 aliphatic heterocycles. The number of nitrogens with zero attached hydrogens (tertiary/aromatic N) is 1. The number of rotatable bonds is 3. The van der Waals surface area contributed by atoms with E-state index >= 15 is 0 Å². The van der Waals surface area contributed by atoms with E-state index in [9.17, 15) is 0 Å². The fraction of sp³-hybridized carbons (Fsp3) is 0.0526. The maximum absolute atomic E-state index is 3.88. The zero-order valence-electron chi connectivity index (χ0n) is 22.8. The van der Waals surface area contributed by atoms with Gasteiger partial charge in [-0.3, -0.25) is 0 Å². The lowest BCUT2D eigenvalue weighted by Crippen LogP contribution is -2.59. The number of aromatic nitrogens is 1. The van der Waals surface area contributed by atoms with Crippen molar-refractivity contribution >= 4 is 56.3 Å². The summed E-state index contributed by atoms with van der Waals surface area (Å²) in [6.07, 6.45) is 0. The summed E-state index contributed by atoms with van der Waals surface area (Å²) < 4.78 is 2.53. The molecule has 3 heterocycles. The Morgan fingerprint density at radius 1 is 0.561 bits per heavy atom. The summed E-state index contributed by atoms with van der Waals surface area (Å²) in [5, 5.41) is 6.51. The molecule has 41 heavy (non-hydrogen) atoms. The number of hydrogen-bond donors (Lipinski definition) is 1. The van der Waals surface area contributed by atoms with E-state index in [1.54, 1.807) is 0 Å². The molecule has 0 bridgehead atoms. The van der Waals surface area contributed by atoms with E-state index in [-0.39, 0.29) is 12.1 Å². The van der Waals surface area contributed by atoms with Crippen molar-refractivity contribution in [2.24, 2.45) is 0 Å². The minimum Gasteiger partial charge on any atom is -0.356 e. The van der Waals surface area contributed by atoms with E-state index in [4.69, 9.17) is 0 Å². The third-order valence-electron chi connectivity index (χ3n) is 9.55. The van der Waals surface area contributed by atoms with Crippen LogP contribution in [0, 0.1) is 0 Å². The van der Waals surface area contributed by atoms with Gasteiger partial charge in [-0.25, -0.2) is 0 Å². The predicted octanol–water partition coefficient (Wildman–Crippen LogP) is 7.02. The van der Waals surface area contributed by atoms with Gasteiger partial charge in [-0.05, 0) is 64.3 Å². The van der Waals surface area contributed by atoms with Gasteiger partial charge in [-0.1, -0.05) is 115 Å². The molecule has 0 radical (unpaired) electrons. The number of fused-ring (bicyclic) bond motifs is 7. The Labute approximate surface area is 240 Å². The smallest absolute Gasteiger partial charge is 0.252 e. The third-order valence-corrected chi connectivity index (χ3v) is 9.55. The molecule has 0 spiro atoms. The van der Waals surface area contributed by atoms with Gasteiger partial charge in [0.1, 0.15) is 0 Å². The first-order valence-electron chi connectivity index (χ1n) is 14.4. The molecule has 2 nitrogen and oxygen atoms in total. The van der Waals surface area contributed by atoms with Crippen molar-refractivity contribution in [3.63, 3.8) is 0 Å². The summed E-state index contributed by atoms with van der Waals surface area (Å²) in [5.74, 6) is 0. The summed E-state index contributed by atoms with van der Waals surface area (Å²) in [6.45, 7) is 2.55. The van der Waals surface area contributed by atoms with Crippen molar-refractivity contribution in [1.82, 2.24) is 4.57 Å². The van der Waals surface area contributed by atoms with Gasteiger partial charge in [-0.15, -0.1) is 0 Å². The Bertz CT molecular complexity index is 2100. The SMILES string of the molecule is CC(c1ccccc1)(c1ccccc1)c1cc2c3c(c1)-n1c4ccccc4c4cccc(c41)B3c1ccccc1N2. The molecule has 192 valence electrons. The van der Waals surface area contributed by atoms with Crippen LogP contribution in [-0.2, 0) is 5.41 Å². The highest BCUT2D eigenvalue weighted by molar-refractivity contribution is 7.00. The van der Waals surface area contributed by atoms with Crippen LogP contribution in [0.2, 0.25) is 0 Å². The normalized spacial score (nSPS) is 13.1. The number of benzene rings is 6. The molecule has 0 saturated carbocycles. The Morgan fingerprint density at radius 3 is 1.98 bits per heavy atom. The third kappa shape index (κ3) is 2.98. The van der Waals surface area contributed by atoms with Crippen LogP contribution in [0.5, 0.6) is 0 Å². The predicted molar refractivity (Wildman–Crippen MR) is 174 cm³/mol. The average molecular weight is 522 g/mol. The van der Waals surface area contributed by atoms with E-state index in [2.05, 4.69) is 156 Å². The van der Waals surface area contributed by atoms with Crippen LogP contribution >= 0.6 is 0 Å². The van der Waals surface area contributed by atoms with Gasteiger partial charge < -0.3 is 9.88 Å². The number of para-hydroxylation sites is 3. The highest BCUT2D eigenvalue weighted by Crippen LogP contribution is 2.43. The molecule has 1 N–H and O–H groups in total. The monoisotopic (exact) mass is 522 g/mol. The van der Waals surface area contributed by atoms with E-state index in [0.717, 1.165) is 0 Å². The number of anilines is 2. The van der Waals surface area contributed by atoms with Crippen LogP contribution in [0.15, 0.2) is 140 Å². The highest BCUT2D eigenvalue weighted by Gasteiger charge is 2.41. The van der Waals surface area contributed by atoms with Crippen molar-refractivity contribution in [2.75, 3.05) is 5.32 Å². The zero-order valence-corrected chi connectivity index (χ0v) is 22.8. The lowest BCUT2D eigenvalue weighted by atomic mass is 9.34. The second-order valence-corrected chi connectivity index (χ2v) is 11.6. The Balaban J connectivity index is 1.44. The fourth-order valence-electron chi connectivity index (χ4n) is 7.58. The van der Waals surface area contributed by atoms with Gasteiger partial charge in [0.05, 0.1) is 5.52 Å². The molecular weight excluding hydrogens is 495 g/mol. The first-order valence-corrected chi connectivity index (χ1v) is 14.4. The van der Waals surface area contributed by atoms with Crippen molar-refractivity contribution in [3.8, 4) is 5.69 Å². The van der Waals surface area contributed by atoms with E-state index in [1.807, 2.05) is 0 Å². The van der Waals surface area contributed by atoms with Crippen molar-refractivity contribution in [2.45, 2.75) is 12.3 Å². The largest absolute Gasteiger partial charge is 0.356 e. The molecule has 0 saturated heterocycles. The summed E-state index contributed by atoms with van der Waals surface area (Å²) >= 11 is 0. The van der Waals surface area contributed by atoms with Crippen molar-refractivity contribution in [1.29, 1.82) is 0 Å². The summed E-state index contributed by atoms with van der Waals surface area (Å²) in [5.41, 5.74) is 13.8. The quantitative estimate of drug-likeness (QED) is 0.195. The van der Waals surface area contributed by atoms with Crippen LogP contribution in [0.3, 0.4) is 0 Å². The summed E-state index contributed by atoms with van der Waals surface area (Å²) in [7, 11) is 0. The summed E-state index contributed by atoms with van der Waals surface area (Å²) in [6, 6.07) is 51.4. The molecule has 6 aromatic carbocycles. The molecule has 3 heteroatoms. The molecule has 7 aromatic rings. The van der Waals surface area contributed by atoms with Gasteiger partial charge in [-0.2, -0.15) is 0 Å². The van der Waals surface area contributed by atoms with E-state index < -0.39 is 0 Å².